The topological polar surface area (TPSA) is 74.2 Å². The fourth-order valence-corrected chi connectivity index (χ4v) is 6.69. The van der Waals surface area contributed by atoms with E-state index in [1.165, 1.54) is 0 Å². The summed E-state index contributed by atoms with van der Waals surface area (Å²) in [6.07, 6.45) is 5.93. The number of piperazine rings is 1. The third-order valence-electron chi connectivity index (χ3n) is 7.97. The van der Waals surface area contributed by atoms with Crippen LogP contribution in [0.15, 0.2) is 36.7 Å². The van der Waals surface area contributed by atoms with Crippen LogP contribution in [0.25, 0.3) is 22.0 Å². The highest BCUT2D eigenvalue weighted by Crippen LogP contribution is 2.34. The second-order valence-electron chi connectivity index (χ2n) is 12.8. The zero-order valence-electron chi connectivity index (χ0n) is 24.1. The van der Waals surface area contributed by atoms with Gasteiger partial charge in [-0.2, -0.15) is 0 Å². The number of amides is 1. The Balaban J connectivity index is 1.52. The van der Waals surface area contributed by atoms with Crippen molar-refractivity contribution >= 4 is 22.6 Å². The summed E-state index contributed by atoms with van der Waals surface area (Å²) in [6.45, 7) is 19.3. The van der Waals surface area contributed by atoms with Crippen LogP contribution in [0.2, 0.25) is 0 Å². The third-order valence-corrected chi connectivity index (χ3v) is 7.97. The molecule has 0 aliphatic carbocycles. The van der Waals surface area contributed by atoms with Crippen molar-refractivity contribution in [1.82, 2.24) is 25.5 Å². The number of nitrogens with one attached hydrogen (secondary N) is 3. The summed E-state index contributed by atoms with van der Waals surface area (Å²) in [5, 5.41) is 11.6. The summed E-state index contributed by atoms with van der Waals surface area (Å²) < 4.78 is 2.28. The summed E-state index contributed by atoms with van der Waals surface area (Å²) in [7, 11) is 0. The van der Waals surface area contributed by atoms with Crippen LogP contribution < -0.4 is 20.9 Å². The van der Waals surface area contributed by atoms with Crippen LogP contribution in [0.4, 0.5) is 5.82 Å². The monoisotopic (exact) mass is 516 g/mol. The Morgan fingerprint density at radius 2 is 1.74 bits per heavy atom. The third kappa shape index (κ3) is 5.45. The first kappa shape index (κ1) is 26.7. The number of carbonyl (C=O) groups excluding carboxylic acids is 1. The fourth-order valence-electron chi connectivity index (χ4n) is 6.69. The van der Waals surface area contributed by atoms with E-state index in [9.17, 15) is 4.79 Å². The minimum absolute atomic E-state index is 0.00496. The number of fused-ring (bicyclic) bond motifs is 1. The molecule has 1 aromatic carbocycles. The SMILES string of the molecule is Cc1cn(C(C)C)c2cc(-c3ccc(N4CCNCC4)nc3)cc(C(=O)NC3CC(C)(C)NC(C)(C)C3)c12. The number of benzene rings is 1. The Labute approximate surface area is 227 Å². The van der Waals surface area contributed by atoms with E-state index in [0.29, 0.717) is 0 Å². The lowest BCUT2D eigenvalue weighted by molar-refractivity contribution is 0.0875. The average molecular weight is 517 g/mol. The van der Waals surface area contributed by atoms with Gasteiger partial charge >= 0.3 is 0 Å². The molecule has 2 saturated heterocycles. The van der Waals surface area contributed by atoms with Gasteiger partial charge < -0.3 is 25.4 Å². The largest absolute Gasteiger partial charge is 0.354 e. The molecular formula is C31H44N6O. The molecule has 0 radical (unpaired) electrons. The number of aryl methyl sites for hydroxylation is 1. The molecule has 5 rings (SSSR count). The molecule has 0 spiro atoms. The number of anilines is 1. The highest BCUT2D eigenvalue weighted by molar-refractivity contribution is 6.09. The summed E-state index contributed by atoms with van der Waals surface area (Å²) in [6, 6.07) is 8.93. The maximum atomic E-state index is 14.0. The van der Waals surface area contributed by atoms with E-state index < -0.39 is 0 Å². The molecule has 7 heteroatoms. The van der Waals surface area contributed by atoms with Gasteiger partial charge in [0.05, 0.1) is 0 Å². The predicted molar refractivity (Wildman–Crippen MR) is 157 cm³/mol. The van der Waals surface area contributed by atoms with E-state index in [-0.39, 0.29) is 29.1 Å². The Morgan fingerprint density at radius 3 is 2.34 bits per heavy atom. The molecular weight excluding hydrogens is 472 g/mol. The normalized spacial score (nSPS) is 19.7. The predicted octanol–water partition coefficient (Wildman–Crippen LogP) is 5.04. The molecule has 0 saturated carbocycles. The van der Waals surface area contributed by atoms with Crippen molar-refractivity contribution in [1.29, 1.82) is 0 Å². The molecule has 0 atom stereocenters. The number of piperidine rings is 1. The van der Waals surface area contributed by atoms with Crippen LogP contribution >= 0.6 is 0 Å². The quantitative estimate of drug-likeness (QED) is 0.443. The number of hydrogen-bond donors (Lipinski definition) is 3. The highest BCUT2D eigenvalue weighted by Gasteiger charge is 2.38. The van der Waals surface area contributed by atoms with Crippen molar-refractivity contribution < 1.29 is 4.79 Å². The Morgan fingerprint density at radius 1 is 1.05 bits per heavy atom. The van der Waals surface area contributed by atoms with Crippen molar-refractivity contribution in [2.24, 2.45) is 0 Å². The smallest absolute Gasteiger partial charge is 0.252 e. The summed E-state index contributed by atoms with van der Waals surface area (Å²) >= 11 is 0. The second-order valence-corrected chi connectivity index (χ2v) is 12.8. The van der Waals surface area contributed by atoms with Gasteiger partial charge in [0.15, 0.2) is 0 Å². The van der Waals surface area contributed by atoms with Gasteiger partial charge in [0, 0.05) is 83.8 Å². The average Bonchev–Trinajstić information content (AvgIpc) is 3.19. The van der Waals surface area contributed by atoms with E-state index in [2.05, 4.69) is 104 Å². The van der Waals surface area contributed by atoms with Crippen LogP contribution in [-0.2, 0) is 0 Å². The van der Waals surface area contributed by atoms with Crippen molar-refractivity contribution in [3.8, 4) is 11.1 Å². The number of nitrogens with zero attached hydrogens (tertiary/aromatic N) is 3. The van der Waals surface area contributed by atoms with Gasteiger partial charge in [0.25, 0.3) is 5.91 Å². The number of hydrogen-bond acceptors (Lipinski definition) is 5. The fraction of sp³-hybridized carbons (Fsp3) is 0.548. The highest BCUT2D eigenvalue weighted by atomic mass is 16.1. The van der Waals surface area contributed by atoms with Crippen LogP contribution in [0.5, 0.6) is 0 Å². The first-order chi connectivity index (χ1) is 17.9. The number of rotatable bonds is 5. The molecule has 3 aromatic rings. The zero-order valence-corrected chi connectivity index (χ0v) is 24.1. The molecule has 4 heterocycles. The molecule has 2 aromatic heterocycles. The van der Waals surface area contributed by atoms with Gasteiger partial charge in [0.2, 0.25) is 0 Å². The van der Waals surface area contributed by atoms with Gasteiger partial charge in [-0.1, -0.05) is 0 Å². The van der Waals surface area contributed by atoms with Gasteiger partial charge in [0.1, 0.15) is 5.82 Å². The standard InChI is InChI=1S/C31H44N6O/c1-20(2)37-19-21(3)28-25(29(38)34-24-16-30(4,5)35-31(6,7)17-24)14-23(15-26(28)37)22-8-9-27(33-18-22)36-12-10-32-11-13-36/h8-9,14-15,18-20,24,32,35H,10-13,16-17H2,1-7H3,(H,34,38). The lowest BCUT2D eigenvalue weighted by Gasteiger charge is -2.46. The molecule has 0 bridgehead atoms. The molecule has 38 heavy (non-hydrogen) atoms. The Hall–Kier alpha value is -2.90. The van der Waals surface area contributed by atoms with Crippen LogP contribution in [0.3, 0.4) is 0 Å². The lowest BCUT2D eigenvalue weighted by Crippen LogP contribution is -2.62. The lowest BCUT2D eigenvalue weighted by atomic mass is 9.79. The molecule has 204 valence electrons. The van der Waals surface area contributed by atoms with Crippen molar-refractivity contribution in [2.75, 3.05) is 31.1 Å². The van der Waals surface area contributed by atoms with Crippen molar-refractivity contribution in [3.05, 3.63) is 47.8 Å². The van der Waals surface area contributed by atoms with Gasteiger partial charge in [-0.05, 0) is 96.7 Å². The maximum Gasteiger partial charge on any atom is 0.252 e. The molecule has 2 aliphatic heterocycles. The van der Waals surface area contributed by atoms with E-state index in [0.717, 1.165) is 78.0 Å². The van der Waals surface area contributed by atoms with E-state index >= 15 is 0 Å². The number of pyridine rings is 1. The minimum Gasteiger partial charge on any atom is -0.354 e. The van der Waals surface area contributed by atoms with Crippen LogP contribution in [0, 0.1) is 6.92 Å². The summed E-state index contributed by atoms with van der Waals surface area (Å²) in [5.41, 5.74) is 4.94. The molecule has 1 amide bonds. The summed E-state index contributed by atoms with van der Waals surface area (Å²) in [4.78, 5) is 21.1. The zero-order chi connectivity index (χ0) is 27.2. The van der Waals surface area contributed by atoms with Gasteiger partial charge in [-0.3, -0.25) is 4.79 Å². The van der Waals surface area contributed by atoms with Crippen molar-refractivity contribution in [2.45, 2.75) is 84.5 Å². The summed E-state index contributed by atoms with van der Waals surface area (Å²) in [5.74, 6) is 1.01. The van der Waals surface area contributed by atoms with E-state index in [1.807, 2.05) is 6.20 Å². The molecule has 2 fully saturated rings. The molecule has 3 N–H and O–H groups in total. The Bertz CT molecular complexity index is 1300. The van der Waals surface area contributed by atoms with Crippen LogP contribution in [-0.4, -0.2) is 58.8 Å². The first-order valence-electron chi connectivity index (χ1n) is 14.1. The number of aromatic nitrogens is 2. The minimum atomic E-state index is -0.0361. The van der Waals surface area contributed by atoms with E-state index in [4.69, 9.17) is 4.98 Å². The molecule has 0 unspecified atom stereocenters. The van der Waals surface area contributed by atoms with E-state index in [1.54, 1.807) is 0 Å². The molecule has 7 nitrogen and oxygen atoms in total. The van der Waals surface area contributed by atoms with Crippen molar-refractivity contribution in [3.63, 3.8) is 0 Å². The van der Waals surface area contributed by atoms with Crippen LogP contribution in [0.1, 0.15) is 76.3 Å². The molecule has 2 aliphatic rings. The Kier molecular flexibility index (Phi) is 7.03. The maximum absolute atomic E-state index is 14.0. The van der Waals surface area contributed by atoms with Gasteiger partial charge in [-0.15, -0.1) is 0 Å². The first-order valence-corrected chi connectivity index (χ1v) is 14.1. The van der Waals surface area contributed by atoms with Gasteiger partial charge in [-0.25, -0.2) is 4.98 Å². The number of carbonyl (C=O) groups is 1. The second kappa shape index (κ2) is 10.0.